The number of hydrogen-bond donors (Lipinski definition) is 2. The van der Waals surface area contributed by atoms with Crippen LogP contribution in [0.25, 0.3) is 0 Å². The Bertz CT molecular complexity index is 807. The third-order valence-electron chi connectivity index (χ3n) is 3.22. The summed E-state index contributed by atoms with van der Waals surface area (Å²) in [4.78, 5) is -0.147. The van der Waals surface area contributed by atoms with Gasteiger partial charge in [0, 0.05) is 6.54 Å². The summed E-state index contributed by atoms with van der Waals surface area (Å²) >= 11 is 5.81. The highest BCUT2D eigenvalue weighted by molar-refractivity contribution is 7.89. The number of hydrogen-bond acceptors (Lipinski definition) is 3. The van der Waals surface area contributed by atoms with Crippen LogP contribution in [0.15, 0.2) is 53.4 Å². The van der Waals surface area contributed by atoms with E-state index in [2.05, 4.69) is 4.72 Å². The number of aliphatic hydroxyl groups excluding tert-OH is 1. The summed E-state index contributed by atoms with van der Waals surface area (Å²) in [7, 11) is -3.95. The molecule has 0 amide bonds. The zero-order valence-corrected chi connectivity index (χ0v) is 13.7. The molecule has 2 aromatic rings. The summed E-state index contributed by atoms with van der Waals surface area (Å²) in [5.41, 5.74) is -0.694. The molecule has 0 aliphatic rings. The highest BCUT2D eigenvalue weighted by Crippen LogP contribution is 2.30. The van der Waals surface area contributed by atoms with Crippen molar-refractivity contribution in [1.82, 2.24) is 4.72 Å². The molecule has 0 radical (unpaired) electrons. The summed E-state index contributed by atoms with van der Waals surface area (Å²) in [6.07, 6.45) is -5.78. The van der Waals surface area contributed by atoms with Crippen LogP contribution in [-0.4, -0.2) is 20.1 Å². The molecule has 0 saturated heterocycles. The van der Waals surface area contributed by atoms with Crippen LogP contribution in [-0.2, 0) is 16.2 Å². The molecule has 0 aliphatic heterocycles. The zero-order chi connectivity index (χ0) is 18.0. The third-order valence-corrected chi connectivity index (χ3v) is 5.14. The van der Waals surface area contributed by atoms with Crippen LogP contribution in [0.3, 0.4) is 0 Å². The van der Waals surface area contributed by atoms with Gasteiger partial charge in [-0.25, -0.2) is 13.1 Å². The van der Waals surface area contributed by atoms with E-state index >= 15 is 0 Å². The molecule has 0 aliphatic carbocycles. The maximum atomic E-state index is 12.5. The minimum absolute atomic E-state index is 0.0222. The van der Waals surface area contributed by atoms with E-state index in [1.807, 2.05) is 0 Å². The summed E-state index contributed by atoms with van der Waals surface area (Å²) < 4.78 is 63.9. The standard InChI is InChI=1S/C15H13ClF3NO3S/c16-12-3-1-2-4-14(12)24(22,23)20-9-13(21)10-5-7-11(8-6-10)15(17,18)19/h1-8,13,20-21H,9H2/t13-/m0/s1. The molecule has 0 saturated carbocycles. The van der Waals surface area contributed by atoms with E-state index in [9.17, 15) is 26.7 Å². The first-order valence-electron chi connectivity index (χ1n) is 6.70. The lowest BCUT2D eigenvalue weighted by Gasteiger charge is -2.14. The molecule has 0 aromatic heterocycles. The average molecular weight is 380 g/mol. The van der Waals surface area contributed by atoms with E-state index in [0.717, 1.165) is 24.3 Å². The van der Waals surface area contributed by atoms with Crippen LogP contribution < -0.4 is 4.72 Å². The average Bonchev–Trinajstić information content (AvgIpc) is 2.52. The number of nitrogens with one attached hydrogen (secondary N) is 1. The largest absolute Gasteiger partial charge is 0.416 e. The maximum Gasteiger partial charge on any atom is 0.416 e. The van der Waals surface area contributed by atoms with E-state index < -0.39 is 34.4 Å². The van der Waals surface area contributed by atoms with Crippen molar-refractivity contribution in [1.29, 1.82) is 0 Å². The third kappa shape index (κ3) is 4.47. The first-order valence-corrected chi connectivity index (χ1v) is 8.57. The van der Waals surface area contributed by atoms with Crippen molar-refractivity contribution in [2.45, 2.75) is 17.2 Å². The number of sulfonamides is 1. The summed E-state index contributed by atoms with van der Waals surface area (Å²) in [6.45, 7) is -0.404. The van der Waals surface area contributed by atoms with Crippen molar-refractivity contribution in [3.63, 3.8) is 0 Å². The van der Waals surface area contributed by atoms with E-state index in [1.54, 1.807) is 6.07 Å². The van der Waals surface area contributed by atoms with Gasteiger partial charge in [-0.15, -0.1) is 0 Å². The van der Waals surface area contributed by atoms with Crippen molar-refractivity contribution < 1.29 is 26.7 Å². The molecule has 24 heavy (non-hydrogen) atoms. The SMILES string of the molecule is O=S(=O)(NC[C@H](O)c1ccc(C(F)(F)F)cc1)c1ccccc1Cl. The van der Waals surface area contributed by atoms with Gasteiger partial charge in [0.25, 0.3) is 0 Å². The van der Waals surface area contributed by atoms with Crippen LogP contribution in [0, 0.1) is 0 Å². The molecule has 2 aromatic carbocycles. The molecule has 1 atom stereocenters. The fourth-order valence-electron chi connectivity index (χ4n) is 1.94. The Morgan fingerprint density at radius 1 is 1.08 bits per heavy atom. The van der Waals surface area contributed by atoms with Crippen LogP contribution in [0.2, 0.25) is 5.02 Å². The van der Waals surface area contributed by atoms with Crippen molar-refractivity contribution in [2.24, 2.45) is 0 Å². The van der Waals surface area contributed by atoms with Crippen LogP contribution in [0.1, 0.15) is 17.2 Å². The Morgan fingerprint density at radius 3 is 2.21 bits per heavy atom. The van der Waals surface area contributed by atoms with Gasteiger partial charge in [0.05, 0.1) is 16.7 Å². The number of rotatable bonds is 5. The molecular weight excluding hydrogens is 367 g/mol. The number of benzene rings is 2. The van der Waals surface area contributed by atoms with Gasteiger partial charge in [0.2, 0.25) is 10.0 Å². The second kappa shape index (κ2) is 7.10. The van der Waals surface area contributed by atoms with Gasteiger partial charge >= 0.3 is 6.18 Å². The number of aliphatic hydroxyl groups is 1. The number of halogens is 4. The fourth-order valence-corrected chi connectivity index (χ4v) is 3.50. The molecule has 9 heteroatoms. The summed E-state index contributed by atoms with van der Waals surface area (Å²) in [6, 6.07) is 9.60. The van der Waals surface area contributed by atoms with Gasteiger partial charge < -0.3 is 5.11 Å². The van der Waals surface area contributed by atoms with E-state index in [1.165, 1.54) is 18.2 Å². The van der Waals surface area contributed by atoms with Crippen molar-refractivity contribution in [2.75, 3.05) is 6.54 Å². The summed E-state index contributed by atoms with van der Waals surface area (Å²) in [5, 5.41) is 9.97. The fraction of sp³-hybridized carbons (Fsp3) is 0.200. The Hall–Kier alpha value is -1.61. The Morgan fingerprint density at radius 2 is 1.67 bits per heavy atom. The Labute approximate surface area is 141 Å². The van der Waals surface area contributed by atoms with Gasteiger partial charge in [-0.1, -0.05) is 35.9 Å². The lowest BCUT2D eigenvalue weighted by molar-refractivity contribution is -0.137. The van der Waals surface area contributed by atoms with E-state index in [0.29, 0.717) is 0 Å². The highest BCUT2D eigenvalue weighted by Gasteiger charge is 2.30. The van der Waals surface area contributed by atoms with Gasteiger partial charge in [0.15, 0.2) is 0 Å². The van der Waals surface area contributed by atoms with Crippen molar-refractivity contribution in [3.8, 4) is 0 Å². The maximum absolute atomic E-state index is 12.5. The first kappa shape index (κ1) is 18.7. The second-order valence-electron chi connectivity index (χ2n) is 4.92. The molecule has 0 unspecified atom stereocenters. The predicted octanol–water partition coefficient (Wildman–Crippen LogP) is 3.37. The van der Waals surface area contributed by atoms with Crippen LogP contribution in [0.4, 0.5) is 13.2 Å². The first-order chi connectivity index (χ1) is 11.1. The quantitative estimate of drug-likeness (QED) is 0.837. The van der Waals surface area contributed by atoms with Crippen molar-refractivity contribution >= 4 is 21.6 Å². The highest BCUT2D eigenvalue weighted by atomic mass is 35.5. The minimum Gasteiger partial charge on any atom is -0.387 e. The second-order valence-corrected chi connectivity index (χ2v) is 7.06. The normalized spacial score (nSPS) is 13.7. The van der Waals surface area contributed by atoms with Gasteiger partial charge in [-0.3, -0.25) is 0 Å². The smallest absolute Gasteiger partial charge is 0.387 e. The molecule has 0 spiro atoms. The zero-order valence-electron chi connectivity index (χ0n) is 12.1. The molecule has 2 rings (SSSR count). The van der Waals surface area contributed by atoms with E-state index in [-0.39, 0.29) is 15.5 Å². The summed E-state index contributed by atoms with van der Waals surface area (Å²) in [5.74, 6) is 0. The Kier molecular flexibility index (Phi) is 5.54. The lowest BCUT2D eigenvalue weighted by Crippen LogP contribution is -2.28. The van der Waals surface area contributed by atoms with Gasteiger partial charge in [0.1, 0.15) is 4.90 Å². The topological polar surface area (TPSA) is 66.4 Å². The molecule has 0 heterocycles. The van der Waals surface area contributed by atoms with Crippen molar-refractivity contribution in [3.05, 3.63) is 64.7 Å². The number of alkyl halides is 3. The molecule has 0 bridgehead atoms. The monoisotopic (exact) mass is 379 g/mol. The van der Waals surface area contributed by atoms with Crippen LogP contribution in [0.5, 0.6) is 0 Å². The van der Waals surface area contributed by atoms with Crippen LogP contribution >= 0.6 is 11.6 Å². The molecular formula is C15H13ClF3NO3S. The molecule has 0 fully saturated rings. The minimum atomic E-state index is -4.48. The Balaban J connectivity index is 2.08. The predicted molar refractivity (Wildman–Crippen MR) is 83.0 cm³/mol. The molecule has 2 N–H and O–H groups in total. The molecule has 130 valence electrons. The van der Waals surface area contributed by atoms with E-state index in [4.69, 9.17) is 11.6 Å². The van der Waals surface area contributed by atoms with Gasteiger partial charge in [-0.2, -0.15) is 13.2 Å². The lowest BCUT2D eigenvalue weighted by atomic mass is 10.1. The molecule has 4 nitrogen and oxygen atoms in total. The van der Waals surface area contributed by atoms with Gasteiger partial charge in [-0.05, 0) is 29.8 Å².